The van der Waals surface area contributed by atoms with E-state index in [1.165, 1.54) is 0 Å². The highest BCUT2D eigenvalue weighted by Gasteiger charge is 2.05. The van der Waals surface area contributed by atoms with Gasteiger partial charge in [-0.25, -0.2) is 0 Å². The molecule has 0 unspecified atom stereocenters. The average Bonchev–Trinajstić information content (AvgIpc) is 2.44. The van der Waals surface area contributed by atoms with E-state index in [1.807, 2.05) is 37.3 Å². The Bertz CT molecular complexity index is 582. The average molecular weight is 305 g/mol. The number of nitrogens with one attached hydrogen (secondary N) is 1. The fourth-order valence-electron chi connectivity index (χ4n) is 1.88. The van der Waals surface area contributed by atoms with Gasteiger partial charge in [0, 0.05) is 12.2 Å². The van der Waals surface area contributed by atoms with Crippen molar-refractivity contribution in [3.8, 4) is 11.5 Å². The lowest BCUT2D eigenvalue weighted by molar-refractivity contribution is 0.479. The third-order valence-electron chi connectivity index (χ3n) is 2.99. The van der Waals surface area contributed by atoms with Crippen LogP contribution in [0.4, 0.5) is 0 Å². The van der Waals surface area contributed by atoms with Crippen molar-refractivity contribution in [1.82, 2.24) is 10.3 Å². The molecule has 0 fully saturated rings. The topological polar surface area (TPSA) is 34.1 Å². The van der Waals surface area contributed by atoms with Gasteiger partial charge < -0.3 is 10.1 Å². The largest absolute Gasteiger partial charge is 0.454 e. The molecule has 0 aliphatic carbocycles. The van der Waals surface area contributed by atoms with Crippen molar-refractivity contribution in [3.63, 3.8) is 0 Å². The van der Waals surface area contributed by atoms with Gasteiger partial charge in [-0.05, 0) is 49.2 Å². The molecule has 3 nitrogen and oxygen atoms in total. The van der Waals surface area contributed by atoms with E-state index >= 15 is 0 Å². The molecule has 0 radical (unpaired) electrons. The molecule has 0 atom stereocenters. The van der Waals surface area contributed by atoms with Crippen LogP contribution in [0.25, 0.3) is 0 Å². The Morgan fingerprint density at radius 2 is 2.05 bits per heavy atom. The van der Waals surface area contributed by atoms with Gasteiger partial charge in [-0.1, -0.05) is 31.5 Å². The normalized spacial score (nSPS) is 10.9. The predicted octanol–water partition coefficient (Wildman–Crippen LogP) is 4.58. The van der Waals surface area contributed by atoms with Crippen molar-refractivity contribution in [2.75, 3.05) is 6.54 Å². The molecule has 0 spiro atoms. The molecular weight excluding hydrogens is 284 g/mol. The molecule has 21 heavy (non-hydrogen) atoms. The Balaban J connectivity index is 2.00. The van der Waals surface area contributed by atoms with Gasteiger partial charge in [0.05, 0.1) is 11.2 Å². The predicted molar refractivity (Wildman–Crippen MR) is 87.0 cm³/mol. The maximum Gasteiger partial charge on any atom is 0.146 e. The first-order valence-corrected chi connectivity index (χ1v) is 7.52. The summed E-state index contributed by atoms with van der Waals surface area (Å²) in [5.41, 5.74) is 2.11. The molecule has 2 rings (SSSR count). The van der Waals surface area contributed by atoms with E-state index in [0.717, 1.165) is 24.3 Å². The van der Waals surface area contributed by atoms with E-state index < -0.39 is 0 Å². The van der Waals surface area contributed by atoms with Crippen LogP contribution < -0.4 is 10.1 Å². The Morgan fingerprint density at radius 3 is 2.67 bits per heavy atom. The van der Waals surface area contributed by atoms with E-state index in [1.54, 1.807) is 6.20 Å². The molecular formula is C17H21ClN2O. The van der Waals surface area contributed by atoms with E-state index in [0.29, 0.717) is 22.4 Å². The van der Waals surface area contributed by atoms with Crippen LogP contribution in [-0.4, -0.2) is 11.5 Å². The maximum absolute atomic E-state index is 6.28. The van der Waals surface area contributed by atoms with Crippen LogP contribution in [0.5, 0.6) is 11.5 Å². The van der Waals surface area contributed by atoms with Crippen LogP contribution >= 0.6 is 11.6 Å². The number of hydrogen-bond donors (Lipinski definition) is 1. The number of nitrogens with zero attached hydrogens (tertiary/aromatic N) is 1. The SMILES string of the molecule is Cc1ccc(Oc2ccc(CNCC(C)C)cc2Cl)cn1. The summed E-state index contributed by atoms with van der Waals surface area (Å²) in [5.74, 6) is 1.97. The zero-order valence-corrected chi connectivity index (χ0v) is 13.4. The number of aromatic nitrogens is 1. The lowest BCUT2D eigenvalue weighted by Gasteiger charge is -2.11. The number of ether oxygens (including phenoxy) is 1. The minimum atomic E-state index is 0.611. The second-order valence-corrected chi connectivity index (χ2v) is 5.93. The highest BCUT2D eigenvalue weighted by atomic mass is 35.5. The van der Waals surface area contributed by atoms with Crippen LogP contribution in [0.2, 0.25) is 5.02 Å². The van der Waals surface area contributed by atoms with Gasteiger partial charge in [0.25, 0.3) is 0 Å². The van der Waals surface area contributed by atoms with Gasteiger partial charge in [-0.3, -0.25) is 4.98 Å². The third kappa shape index (κ3) is 5.03. The number of aryl methyl sites for hydroxylation is 1. The standard InChI is InChI=1S/C17H21ClN2O/c1-12(2)9-19-10-14-5-7-17(16(18)8-14)21-15-6-4-13(3)20-11-15/h4-8,11-12,19H,9-10H2,1-3H3. The molecule has 0 bridgehead atoms. The lowest BCUT2D eigenvalue weighted by Crippen LogP contribution is -2.18. The van der Waals surface area contributed by atoms with Crippen molar-refractivity contribution in [2.24, 2.45) is 5.92 Å². The molecule has 1 N–H and O–H groups in total. The van der Waals surface area contributed by atoms with Crippen molar-refractivity contribution in [2.45, 2.75) is 27.3 Å². The van der Waals surface area contributed by atoms with Crippen molar-refractivity contribution in [1.29, 1.82) is 0 Å². The monoisotopic (exact) mass is 304 g/mol. The fraction of sp³-hybridized carbons (Fsp3) is 0.353. The number of hydrogen-bond acceptors (Lipinski definition) is 3. The van der Waals surface area contributed by atoms with Crippen LogP contribution in [0, 0.1) is 12.8 Å². The van der Waals surface area contributed by atoms with Gasteiger partial charge in [-0.15, -0.1) is 0 Å². The zero-order valence-electron chi connectivity index (χ0n) is 12.7. The molecule has 2 aromatic rings. The molecule has 1 aromatic carbocycles. The summed E-state index contributed by atoms with van der Waals surface area (Å²) < 4.78 is 5.75. The molecule has 0 saturated carbocycles. The van der Waals surface area contributed by atoms with E-state index in [9.17, 15) is 0 Å². The smallest absolute Gasteiger partial charge is 0.146 e. The van der Waals surface area contributed by atoms with Crippen molar-refractivity contribution in [3.05, 3.63) is 52.8 Å². The Hall–Kier alpha value is -1.58. The maximum atomic E-state index is 6.28. The first-order chi connectivity index (χ1) is 10.0. The van der Waals surface area contributed by atoms with E-state index in [-0.39, 0.29) is 0 Å². The molecule has 0 aliphatic heterocycles. The highest BCUT2D eigenvalue weighted by molar-refractivity contribution is 6.32. The minimum Gasteiger partial charge on any atom is -0.454 e. The molecule has 1 aromatic heterocycles. The van der Waals surface area contributed by atoms with Crippen LogP contribution in [-0.2, 0) is 6.54 Å². The Morgan fingerprint density at radius 1 is 1.24 bits per heavy atom. The number of benzene rings is 1. The van der Waals surface area contributed by atoms with E-state index in [2.05, 4.69) is 24.1 Å². The zero-order chi connectivity index (χ0) is 15.2. The van der Waals surface area contributed by atoms with Gasteiger partial charge >= 0.3 is 0 Å². The Labute approximate surface area is 131 Å². The number of pyridine rings is 1. The number of rotatable bonds is 6. The van der Waals surface area contributed by atoms with Gasteiger partial charge in [0.1, 0.15) is 11.5 Å². The first kappa shape index (κ1) is 15.8. The summed E-state index contributed by atoms with van der Waals surface area (Å²) in [5, 5.41) is 4.00. The molecule has 112 valence electrons. The summed E-state index contributed by atoms with van der Waals surface area (Å²) in [7, 11) is 0. The van der Waals surface area contributed by atoms with E-state index in [4.69, 9.17) is 16.3 Å². The number of halogens is 1. The fourth-order valence-corrected chi connectivity index (χ4v) is 2.13. The summed E-state index contributed by atoms with van der Waals surface area (Å²) in [6.07, 6.45) is 1.70. The second kappa shape index (κ2) is 7.43. The Kier molecular flexibility index (Phi) is 5.59. The molecule has 0 aliphatic rings. The molecule has 0 saturated heterocycles. The first-order valence-electron chi connectivity index (χ1n) is 7.14. The highest BCUT2D eigenvalue weighted by Crippen LogP contribution is 2.29. The van der Waals surface area contributed by atoms with Crippen LogP contribution in [0.3, 0.4) is 0 Å². The lowest BCUT2D eigenvalue weighted by atomic mass is 10.2. The quantitative estimate of drug-likeness (QED) is 0.848. The molecule has 1 heterocycles. The molecule has 0 amide bonds. The summed E-state index contributed by atoms with van der Waals surface area (Å²) >= 11 is 6.28. The van der Waals surface area contributed by atoms with Crippen molar-refractivity contribution >= 4 is 11.6 Å². The second-order valence-electron chi connectivity index (χ2n) is 5.53. The van der Waals surface area contributed by atoms with Gasteiger partial charge in [0.15, 0.2) is 0 Å². The van der Waals surface area contributed by atoms with Crippen LogP contribution in [0.15, 0.2) is 36.5 Å². The minimum absolute atomic E-state index is 0.611. The summed E-state index contributed by atoms with van der Waals surface area (Å²) in [6, 6.07) is 9.65. The van der Waals surface area contributed by atoms with Crippen LogP contribution in [0.1, 0.15) is 25.1 Å². The van der Waals surface area contributed by atoms with Gasteiger partial charge in [0.2, 0.25) is 0 Å². The van der Waals surface area contributed by atoms with Crippen molar-refractivity contribution < 1.29 is 4.74 Å². The third-order valence-corrected chi connectivity index (χ3v) is 3.29. The summed E-state index contributed by atoms with van der Waals surface area (Å²) in [4.78, 5) is 4.20. The summed E-state index contributed by atoms with van der Waals surface area (Å²) in [6.45, 7) is 8.12. The molecule has 4 heteroatoms. The van der Waals surface area contributed by atoms with Gasteiger partial charge in [-0.2, -0.15) is 0 Å².